The molecule has 0 aromatic heterocycles. The van der Waals surface area contributed by atoms with Crippen LogP contribution < -0.4 is 14.8 Å². The summed E-state index contributed by atoms with van der Waals surface area (Å²) in [5.41, 5.74) is 1.36. The third-order valence-electron chi connectivity index (χ3n) is 3.05. The lowest BCUT2D eigenvalue weighted by Gasteiger charge is -2.11. The highest BCUT2D eigenvalue weighted by atomic mass is 79.9. The van der Waals surface area contributed by atoms with Gasteiger partial charge in [0.1, 0.15) is 16.0 Å². The van der Waals surface area contributed by atoms with Gasteiger partial charge < -0.3 is 14.8 Å². The summed E-state index contributed by atoms with van der Waals surface area (Å²) in [7, 11) is 3.07. The SMILES string of the molecule is COc1cc(C(=O)NCC#Cc2ccccc2)cc(OC)c1Br. The van der Waals surface area contributed by atoms with Crippen molar-refractivity contribution in [3.05, 3.63) is 58.1 Å². The molecule has 0 unspecified atom stereocenters. The minimum atomic E-state index is -0.239. The highest BCUT2D eigenvalue weighted by molar-refractivity contribution is 9.10. The molecule has 2 aromatic carbocycles. The second-order valence-corrected chi connectivity index (χ2v) is 5.34. The molecule has 118 valence electrons. The Morgan fingerprint density at radius 1 is 1.13 bits per heavy atom. The summed E-state index contributed by atoms with van der Waals surface area (Å²) in [5, 5.41) is 2.75. The number of methoxy groups -OCH3 is 2. The van der Waals surface area contributed by atoms with Crippen molar-refractivity contribution >= 4 is 21.8 Å². The Balaban J connectivity index is 2.05. The van der Waals surface area contributed by atoms with Crippen molar-refractivity contribution < 1.29 is 14.3 Å². The van der Waals surface area contributed by atoms with E-state index < -0.39 is 0 Å². The van der Waals surface area contributed by atoms with E-state index in [1.54, 1.807) is 12.1 Å². The first-order chi connectivity index (χ1) is 11.2. The Morgan fingerprint density at radius 2 is 1.74 bits per heavy atom. The Morgan fingerprint density at radius 3 is 2.30 bits per heavy atom. The normalized spacial score (nSPS) is 9.52. The monoisotopic (exact) mass is 373 g/mol. The molecule has 0 aliphatic carbocycles. The van der Waals surface area contributed by atoms with Crippen LogP contribution in [0.2, 0.25) is 0 Å². The smallest absolute Gasteiger partial charge is 0.252 e. The molecule has 0 radical (unpaired) electrons. The van der Waals surface area contributed by atoms with Crippen molar-refractivity contribution in [1.29, 1.82) is 0 Å². The van der Waals surface area contributed by atoms with Gasteiger partial charge in [-0.2, -0.15) is 0 Å². The topological polar surface area (TPSA) is 47.6 Å². The van der Waals surface area contributed by atoms with Gasteiger partial charge in [-0.1, -0.05) is 30.0 Å². The maximum absolute atomic E-state index is 12.2. The van der Waals surface area contributed by atoms with E-state index in [2.05, 4.69) is 33.1 Å². The van der Waals surface area contributed by atoms with Crippen LogP contribution in [0, 0.1) is 11.8 Å². The van der Waals surface area contributed by atoms with Gasteiger partial charge in [0.2, 0.25) is 0 Å². The summed E-state index contributed by atoms with van der Waals surface area (Å²) < 4.78 is 11.1. The minimum absolute atomic E-state index is 0.239. The van der Waals surface area contributed by atoms with Gasteiger partial charge in [0, 0.05) is 11.1 Å². The summed E-state index contributed by atoms with van der Waals surface area (Å²) in [5.74, 6) is 6.73. The number of hydrogen-bond acceptors (Lipinski definition) is 3. The summed E-state index contributed by atoms with van der Waals surface area (Å²) in [6.45, 7) is 0.258. The highest BCUT2D eigenvalue weighted by Gasteiger charge is 2.14. The van der Waals surface area contributed by atoms with E-state index in [1.165, 1.54) is 14.2 Å². The molecule has 0 atom stereocenters. The summed E-state index contributed by atoms with van der Waals surface area (Å²) in [6.07, 6.45) is 0. The zero-order chi connectivity index (χ0) is 16.7. The van der Waals surface area contributed by atoms with Crippen LogP contribution in [0.1, 0.15) is 15.9 Å². The van der Waals surface area contributed by atoms with Crippen molar-refractivity contribution in [2.45, 2.75) is 0 Å². The van der Waals surface area contributed by atoms with E-state index in [0.29, 0.717) is 21.5 Å². The quantitative estimate of drug-likeness (QED) is 0.836. The van der Waals surface area contributed by atoms with Crippen molar-refractivity contribution in [3.63, 3.8) is 0 Å². The molecule has 0 spiro atoms. The van der Waals surface area contributed by atoms with Crippen LogP contribution in [0.3, 0.4) is 0 Å². The Kier molecular flexibility index (Phi) is 6.07. The highest BCUT2D eigenvalue weighted by Crippen LogP contribution is 2.35. The molecule has 5 heteroatoms. The van der Waals surface area contributed by atoms with Crippen LogP contribution in [-0.2, 0) is 0 Å². The maximum atomic E-state index is 12.2. The average Bonchev–Trinajstić information content (AvgIpc) is 2.59. The van der Waals surface area contributed by atoms with E-state index in [9.17, 15) is 4.79 Å². The summed E-state index contributed by atoms with van der Waals surface area (Å²) >= 11 is 3.37. The first-order valence-corrected chi connectivity index (χ1v) is 7.68. The Bertz CT molecular complexity index is 723. The average molecular weight is 374 g/mol. The number of nitrogens with one attached hydrogen (secondary N) is 1. The van der Waals surface area contributed by atoms with Gasteiger partial charge in [0.05, 0.1) is 20.8 Å². The molecule has 2 rings (SSSR count). The van der Waals surface area contributed by atoms with Crippen LogP contribution >= 0.6 is 15.9 Å². The second kappa shape index (κ2) is 8.25. The van der Waals surface area contributed by atoms with E-state index in [-0.39, 0.29) is 12.5 Å². The van der Waals surface area contributed by atoms with E-state index in [1.807, 2.05) is 30.3 Å². The molecule has 0 heterocycles. The third kappa shape index (κ3) is 4.51. The molecule has 1 amide bonds. The van der Waals surface area contributed by atoms with Crippen molar-refractivity contribution in [2.75, 3.05) is 20.8 Å². The molecule has 4 nitrogen and oxygen atoms in total. The molecule has 23 heavy (non-hydrogen) atoms. The number of hydrogen-bond donors (Lipinski definition) is 1. The predicted octanol–water partition coefficient (Wildman–Crippen LogP) is 3.25. The number of halogens is 1. The van der Waals surface area contributed by atoms with Gasteiger partial charge in [-0.15, -0.1) is 0 Å². The molecule has 0 saturated carbocycles. The minimum Gasteiger partial charge on any atom is -0.495 e. The fourth-order valence-corrected chi connectivity index (χ4v) is 2.45. The third-order valence-corrected chi connectivity index (χ3v) is 3.83. The zero-order valence-corrected chi connectivity index (χ0v) is 14.4. The molecule has 0 fully saturated rings. The number of rotatable bonds is 4. The number of amides is 1. The van der Waals surface area contributed by atoms with Gasteiger partial charge in [-0.25, -0.2) is 0 Å². The Hall–Kier alpha value is -2.45. The van der Waals surface area contributed by atoms with Crippen LogP contribution in [0.15, 0.2) is 46.9 Å². The van der Waals surface area contributed by atoms with E-state index in [4.69, 9.17) is 9.47 Å². The van der Waals surface area contributed by atoms with E-state index in [0.717, 1.165) is 5.56 Å². The van der Waals surface area contributed by atoms with Gasteiger partial charge in [0.25, 0.3) is 5.91 Å². The van der Waals surface area contributed by atoms with Gasteiger partial charge in [0.15, 0.2) is 0 Å². The number of benzene rings is 2. The molecule has 0 aliphatic heterocycles. The molecule has 1 N–H and O–H groups in total. The molecular formula is C18H16BrNO3. The number of carbonyl (C=O) groups excluding carboxylic acids is 1. The van der Waals surface area contributed by atoms with Crippen molar-refractivity contribution in [3.8, 4) is 23.3 Å². The van der Waals surface area contributed by atoms with Crippen LogP contribution in [-0.4, -0.2) is 26.7 Å². The molecule has 0 saturated heterocycles. The van der Waals surface area contributed by atoms with Gasteiger partial charge in [-0.3, -0.25) is 4.79 Å². The van der Waals surface area contributed by atoms with Crippen molar-refractivity contribution in [2.24, 2.45) is 0 Å². The Labute approximate surface area is 143 Å². The largest absolute Gasteiger partial charge is 0.495 e. The lowest BCUT2D eigenvalue weighted by molar-refractivity contribution is 0.0958. The first-order valence-electron chi connectivity index (χ1n) is 6.89. The molecule has 0 aliphatic rings. The van der Waals surface area contributed by atoms with Gasteiger partial charge >= 0.3 is 0 Å². The standard InChI is InChI=1S/C18H16BrNO3/c1-22-15-11-14(12-16(23-2)17(15)19)18(21)20-10-6-9-13-7-4-3-5-8-13/h3-5,7-8,11-12H,10H2,1-2H3,(H,20,21). The fraction of sp³-hybridized carbons (Fsp3) is 0.167. The fourth-order valence-electron chi connectivity index (χ4n) is 1.89. The first kappa shape index (κ1) is 16.9. The number of carbonyl (C=O) groups is 1. The summed E-state index contributed by atoms with van der Waals surface area (Å²) in [6, 6.07) is 12.9. The van der Waals surface area contributed by atoms with Crippen molar-refractivity contribution in [1.82, 2.24) is 5.32 Å². The molecular weight excluding hydrogens is 358 g/mol. The van der Waals surface area contributed by atoms with Crippen LogP contribution in [0.25, 0.3) is 0 Å². The zero-order valence-electron chi connectivity index (χ0n) is 12.9. The lowest BCUT2D eigenvalue weighted by atomic mass is 10.2. The second-order valence-electron chi connectivity index (χ2n) is 4.55. The molecule has 0 bridgehead atoms. The predicted molar refractivity (Wildman–Crippen MR) is 92.9 cm³/mol. The molecule has 2 aromatic rings. The van der Waals surface area contributed by atoms with Crippen LogP contribution in [0.4, 0.5) is 0 Å². The maximum Gasteiger partial charge on any atom is 0.252 e. The van der Waals surface area contributed by atoms with Crippen LogP contribution in [0.5, 0.6) is 11.5 Å². The van der Waals surface area contributed by atoms with E-state index >= 15 is 0 Å². The summed E-state index contributed by atoms with van der Waals surface area (Å²) in [4.78, 5) is 12.2. The number of ether oxygens (including phenoxy) is 2. The van der Waals surface area contributed by atoms with Gasteiger partial charge in [-0.05, 0) is 40.2 Å². The lowest BCUT2D eigenvalue weighted by Crippen LogP contribution is -2.23.